The molecule has 1 aromatic rings. The minimum atomic E-state index is -3.85. The number of carboxylic acids is 1. The molecule has 0 spiro atoms. The van der Waals surface area contributed by atoms with Crippen molar-refractivity contribution in [2.45, 2.75) is 24.3 Å². The van der Waals surface area contributed by atoms with Gasteiger partial charge in [-0.25, -0.2) is 17.6 Å². The van der Waals surface area contributed by atoms with E-state index in [1.165, 1.54) is 11.4 Å². The van der Waals surface area contributed by atoms with Gasteiger partial charge in [-0.1, -0.05) is 0 Å². The van der Waals surface area contributed by atoms with Crippen molar-refractivity contribution >= 4 is 27.8 Å². The lowest BCUT2D eigenvalue weighted by Crippen LogP contribution is -2.35. The first-order valence-electron chi connectivity index (χ1n) is 6.21. The number of thioether (sulfide) groups is 1. The van der Waals surface area contributed by atoms with Gasteiger partial charge in [0, 0.05) is 13.1 Å². The van der Waals surface area contributed by atoms with Crippen molar-refractivity contribution in [2.75, 3.05) is 19.1 Å². The number of aromatic carboxylic acids is 1. The van der Waals surface area contributed by atoms with Gasteiger partial charge < -0.3 is 5.11 Å². The largest absolute Gasteiger partial charge is 0.478 e. The Morgan fingerprint density at radius 3 is 2.62 bits per heavy atom. The van der Waals surface area contributed by atoms with Crippen LogP contribution in [-0.2, 0) is 10.0 Å². The summed E-state index contributed by atoms with van der Waals surface area (Å²) >= 11 is 1.61. The number of benzene rings is 1. The molecule has 0 radical (unpaired) electrons. The maximum absolute atomic E-state index is 13.3. The Morgan fingerprint density at radius 2 is 2.10 bits per heavy atom. The van der Waals surface area contributed by atoms with Crippen LogP contribution in [-0.4, -0.2) is 48.9 Å². The van der Waals surface area contributed by atoms with Crippen LogP contribution in [0, 0.1) is 5.82 Å². The summed E-state index contributed by atoms with van der Waals surface area (Å²) in [6, 6.07) is 2.55. The number of halogens is 1. The fourth-order valence-electron chi connectivity index (χ4n) is 1.70. The topological polar surface area (TPSA) is 74.7 Å². The number of hydrogen-bond donors (Lipinski definition) is 1. The zero-order valence-electron chi connectivity index (χ0n) is 12.0. The molecule has 0 saturated carbocycles. The summed E-state index contributed by atoms with van der Waals surface area (Å²) in [4.78, 5) is 10.7. The summed E-state index contributed by atoms with van der Waals surface area (Å²) in [5.74, 6) is -1.65. The number of rotatable bonds is 7. The van der Waals surface area contributed by atoms with Crippen LogP contribution in [0.25, 0.3) is 0 Å². The van der Waals surface area contributed by atoms with Gasteiger partial charge in [0.05, 0.1) is 10.5 Å². The van der Waals surface area contributed by atoms with Crippen molar-refractivity contribution in [3.8, 4) is 0 Å². The van der Waals surface area contributed by atoms with E-state index in [9.17, 15) is 17.6 Å². The maximum atomic E-state index is 13.3. The quantitative estimate of drug-likeness (QED) is 0.827. The molecule has 1 N–H and O–H groups in total. The molecule has 21 heavy (non-hydrogen) atoms. The predicted molar refractivity (Wildman–Crippen MR) is 80.8 cm³/mol. The number of sulfonamides is 1. The summed E-state index contributed by atoms with van der Waals surface area (Å²) in [5, 5.41) is 8.87. The van der Waals surface area contributed by atoms with Crippen molar-refractivity contribution in [3.63, 3.8) is 0 Å². The van der Waals surface area contributed by atoms with Gasteiger partial charge in [0.25, 0.3) is 0 Å². The Kier molecular flexibility index (Phi) is 6.18. The highest BCUT2D eigenvalue weighted by Gasteiger charge is 2.26. The number of carbonyl (C=O) groups is 1. The van der Waals surface area contributed by atoms with Crippen LogP contribution < -0.4 is 0 Å². The summed E-state index contributed by atoms with van der Waals surface area (Å²) in [6.07, 6.45) is 2.60. The smallest absolute Gasteiger partial charge is 0.338 e. The highest BCUT2D eigenvalue weighted by Crippen LogP contribution is 2.21. The molecule has 1 atom stereocenters. The lowest BCUT2D eigenvalue weighted by Gasteiger charge is -2.24. The Balaban J connectivity index is 3.13. The fourth-order valence-corrected chi connectivity index (χ4v) is 3.70. The molecule has 0 bridgehead atoms. The third-order valence-electron chi connectivity index (χ3n) is 3.21. The van der Waals surface area contributed by atoms with Gasteiger partial charge in [-0.05, 0) is 43.6 Å². The fraction of sp³-hybridized carbons (Fsp3) is 0.462. The first kappa shape index (κ1) is 17.9. The average Bonchev–Trinajstić information content (AvgIpc) is 2.43. The van der Waals surface area contributed by atoms with Gasteiger partial charge in [-0.3, -0.25) is 0 Å². The Morgan fingerprint density at radius 1 is 1.48 bits per heavy atom. The standard InChI is InChI=1S/C13H18FNO4S2/c1-9(6-7-20-3)15(2)21(18,19)10-4-5-12(14)11(8-10)13(16)17/h4-5,8-9H,6-7H2,1-3H3,(H,16,17). The SMILES string of the molecule is CSCCC(C)N(C)S(=O)(=O)c1ccc(F)c(C(=O)O)c1. The summed E-state index contributed by atoms with van der Waals surface area (Å²) in [7, 11) is -2.41. The zero-order chi connectivity index (χ0) is 16.2. The second-order valence-corrected chi connectivity index (χ2v) is 7.58. The van der Waals surface area contributed by atoms with Crippen molar-refractivity contribution in [3.05, 3.63) is 29.6 Å². The number of carboxylic acid groups (broad SMARTS) is 1. The van der Waals surface area contributed by atoms with Gasteiger partial charge in [0.1, 0.15) is 5.82 Å². The first-order chi connectivity index (χ1) is 9.71. The van der Waals surface area contributed by atoms with Gasteiger partial charge in [-0.15, -0.1) is 0 Å². The average molecular weight is 335 g/mol. The second-order valence-electron chi connectivity index (χ2n) is 4.60. The van der Waals surface area contributed by atoms with E-state index in [1.807, 2.05) is 6.26 Å². The van der Waals surface area contributed by atoms with E-state index in [1.54, 1.807) is 18.7 Å². The number of hydrogen-bond acceptors (Lipinski definition) is 4. The van der Waals surface area contributed by atoms with E-state index < -0.39 is 27.4 Å². The molecule has 118 valence electrons. The molecular formula is C13H18FNO4S2. The molecule has 8 heteroatoms. The summed E-state index contributed by atoms with van der Waals surface area (Å²) in [6.45, 7) is 1.77. The molecule has 1 aromatic carbocycles. The third kappa shape index (κ3) is 4.18. The van der Waals surface area contributed by atoms with Crippen molar-refractivity contribution in [1.29, 1.82) is 0 Å². The summed E-state index contributed by atoms with van der Waals surface area (Å²) in [5.41, 5.74) is -0.652. The second kappa shape index (κ2) is 7.24. The minimum absolute atomic E-state index is 0.222. The van der Waals surface area contributed by atoms with E-state index in [0.29, 0.717) is 6.42 Å². The van der Waals surface area contributed by atoms with E-state index >= 15 is 0 Å². The van der Waals surface area contributed by atoms with Crippen LogP contribution in [0.15, 0.2) is 23.1 Å². The molecule has 0 fully saturated rings. The lowest BCUT2D eigenvalue weighted by molar-refractivity contribution is 0.0691. The molecule has 0 aliphatic heterocycles. The molecular weight excluding hydrogens is 317 g/mol. The minimum Gasteiger partial charge on any atom is -0.478 e. The maximum Gasteiger partial charge on any atom is 0.338 e. The van der Waals surface area contributed by atoms with Gasteiger partial charge >= 0.3 is 5.97 Å². The molecule has 0 aliphatic carbocycles. The predicted octanol–water partition coefficient (Wildman–Crippen LogP) is 2.29. The highest BCUT2D eigenvalue weighted by atomic mass is 32.2. The van der Waals surface area contributed by atoms with E-state index in [4.69, 9.17) is 5.11 Å². The van der Waals surface area contributed by atoms with E-state index in [-0.39, 0.29) is 10.9 Å². The monoisotopic (exact) mass is 335 g/mol. The summed E-state index contributed by atoms with van der Waals surface area (Å²) < 4.78 is 39.4. The Labute approximate surface area is 128 Å². The Bertz CT molecular complexity index is 619. The third-order valence-corrected chi connectivity index (χ3v) is 5.82. The van der Waals surface area contributed by atoms with Crippen molar-refractivity contribution < 1.29 is 22.7 Å². The lowest BCUT2D eigenvalue weighted by atomic mass is 10.2. The Hall–Kier alpha value is -1.12. The normalized spacial score (nSPS) is 13.4. The van der Waals surface area contributed by atoms with Crippen LogP contribution in [0.3, 0.4) is 0 Å². The highest BCUT2D eigenvalue weighted by molar-refractivity contribution is 7.98. The molecule has 1 rings (SSSR count). The molecule has 0 aliphatic rings. The van der Waals surface area contributed by atoms with E-state index in [0.717, 1.165) is 24.0 Å². The van der Waals surface area contributed by atoms with Crippen LogP contribution in [0.1, 0.15) is 23.7 Å². The van der Waals surface area contributed by atoms with Crippen molar-refractivity contribution in [2.24, 2.45) is 0 Å². The van der Waals surface area contributed by atoms with Gasteiger partial charge in [0.15, 0.2) is 0 Å². The van der Waals surface area contributed by atoms with Crippen LogP contribution in [0.4, 0.5) is 4.39 Å². The zero-order valence-corrected chi connectivity index (χ0v) is 13.7. The number of nitrogens with zero attached hydrogens (tertiary/aromatic N) is 1. The molecule has 5 nitrogen and oxygen atoms in total. The van der Waals surface area contributed by atoms with Crippen LogP contribution in [0.5, 0.6) is 0 Å². The molecule has 0 aromatic heterocycles. The van der Waals surface area contributed by atoms with Gasteiger partial charge in [-0.2, -0.15) is 16.1 Å². The van der Waals surface area contributed by atoms with Crippen molar-refractivity contribution in [1.82, 2.24) is 4.31 Å². The van der Waals surface area contributed by atoms with Gasteiger partial charge in [0.2, 0.25) is 10.0 Å². The molecule has 1 unspecified atom stereocenters. The molecule has 0 heterocycles. The van der Waals surface area contributed by atoms with Crippen LogP contribution >= 0.6 is 11.8 Å². The molecule has 0 amide bonds. The molecule has 0 saturated heterocycles. The van der Waals surface area contributed by atoms with Crippen LogP contribution in [0.2, 0.25) is 0 Å². The van der Waals surface area contributed by atoms with E-state index in [2.05, 4.69) is 0 Å². The first-order valence-corrected chi connectivity index (χ1v) is 9.05.